The third-order valence-corrected chi connectivity index (χ3v) is 4.93. The van der Waals surface area contributed by atoms with Crippen molar-refractivity contribution in [3.8, 4) is 17.6 Å². The summed E-state index contributed by atoms with van der Waals surface area (Å²) in [7, 11) is 0. The predicted octanol–water partition coefficient (Wildman–Crippen LogP) is 4.40. The van der Waals surface area contributed by atoms with Crippen molar-refractivity contribution in [3.05, 3.63) is 24.3 Å². The summed E-state index contributed by atoms with van der Waals surface area (Å²) in [4.78, 5) is 12.1. The molecule has 1 aliphatic carbocycles. The van der Waals surface area contributed by atoms with Gasteiger partial charge in [-0.05, 0) is 56.9 Å². The van der Waals surface area contributed by atoms with Gasteiger partial charge in [0.1, 0.15) is 12.4 Å². The van der Waals surface area contributed by atoms with Gasteiger partial charge in [0, 0.05) is 11.8 Å². The molecule has 4 heteroatoms. The maximum atomic E-state index is 11.4. The van der Waals surface area contributed by atoms with Gasteiger partial charge in [-0.1, -0.05) is 24.1 Å². The molecule has 0 aliphatic heterocycles. The van der Waals surface area contributed by atoms with E-state index >= 15 is 0 Å². The van der Waals surface area contributed by atoms with Crippen LogP contribution in [0.25, 0.3) is 0 Å². The van der Waals surface area contributed by atoms with E-state index in [0.717, 1.165) is 36.3 Å². The first kappa shape index (κ1) is 16.8. The lowest BCUT2D eigenvalue weighted by molar-refractivity contribution is -0.150. The van der Waals surface area contributed by atoms with Crippen LogP contribution < -0.4 is 4.74 Å². The Kier molecular flexibility index (Phi) is 6.21. The fourth-order valence-corrected chi connectivity index (χ4v) is 3.94. The molecular formula is C18H22O3S. The Morgan fingerprint density at radius 2 is 1.91 bits per heavy atom. The van der Waals surface area contributed by atoms with E-state index in [9.17, 15) is 4.79 Å². The number of thioether (sulfide) groups is 1. The first-order valence-corrected chi connectivity index (χ1v) is 8.46. The zero-order valence-electron chi connectivity index (χ0n) is 13.2. The van der Waals surface area contributed by atoms with E-state index in [1.807, 2.05) is 24.3 Å². The average Bonchev–Trinajstić information content (AvgIpc) is 2.49. The maximum Gasteiger partial charge on any atom is 0.304 e. The Bertz CT molecular complexity index is 548. The van der Waals surface area contributed by atoms with Crippen molar-refractivity contribution >= 4 is 17.7 Å². The van der Waals surface area contributed by atoms with Crippen LogP contribution in [0.4, 0.5) is 0 Å². The fourth-order valence-electron chi connectivity index (χ4n) is 2.59. The lowest BCUT2D eigenvalue weighted by atomic mass is 9.97. The number of rotatable bonds is 5. The molecule has 1 aromatic carbocycles. The molecule has 0 spiro atoms. The Morgan fingerprint density at radius 1 is 1.23 bits per heavy atom. The SMILES string of the molecule is CC#CCOc1ccc(SC2(OC(C)=O)CCCCC2)cc1. The van der Waals surface area contributed by atoms with Crippen LogP contribution in [0.1, 0.15) is 46.0 Å². The highest BCUT2D eigenvalue weighted by atomic mass is 32.2. The van der Waals surface area contributed by atoms with Gasteiger partial charge in [-0.15, -0.1) is 5.92 Å². The molecule has 0 bridgehead atoms. The molecular weight excluding hydrogens is 296 g/mol. The molecule has 118 valence electrons. The van der Waals surface area contributed by atoms with E-state index in [-0.39, 0.29) is 5.97 Å². The van der Waals surface area contributed by atoms with E-state index < -0.39 is 4.93 Å². The van der Waals surface area contributed by atoms with Crippen molar-refractivity contribution in [1.82, 2.24) is 0 Å². The molecule has 0 unspecified atom stereocenters. The van der Waals surface area contributed by atoms with Crippen molar-refractivity contribution < 1.29 is 14.3 Å². The topological polar surface area (TPSA) is 35.5 Å². The number of esters is 1. The van der Waals surface area contributed by atoms with E-state index in [0.29, 0.717) is 6.61 Å². The van der Waals surface area contributed by atoms with Crippen molar-refractivity contribution in [2.24, 2.45) is 0 Å². The monoisotopic (exact) mass is 318 g/mol. The average molecular weight is 318 g/mol. The van der Waals surface area contributed by atoms with Crippen molar-refractivity contribution in [3.63, 3.8) is 0 Å². The number of hydrogen-bond donors (Lipinski definition) is 0. The highest BCUT2D eigenvalue weighted by molar-refractivity contribution is 8.00. The minimum absolute atomic E-state index is 0.201. The first-order chi connectivity index (χ1) is 10.6. The van der Waals surface area contributed by atoms with Gasteiger partial charge in [-0.25, -0.2) is 0 Å². The van der Waals surface area contributed by atoms with Gasteiger partial charge in [0.05, 0.1) is 0 Å². The second-order valence-electron chi connectivity index (χ2n) is 5.35. The van der Waals surface area contributed by atoms with Gasteiger partial charge < -0.3 is 9.47 Å². The Balaban J connectivity index is 2.02. The number of carbonyl (C=O) groups is 1. The maximum absolute atomic E-state index is 11.4. The van der Waals surface area contributed by atoms with Gasteiger partial charge in [-0.2, -0.15) is 0 Å². The van der Waals surface area contributed by atoms with Crippen LogP contribution in [-0.4, -0.2) is 17.5 Å². The third kappa shape index (κ3) is 4.99. The minimum Gasteiger partial charge on any atom is -0.481 e. The predicted molar refractivity (Wildman–Crippen MR) is 88.8 cm³/mol. The van der Waals surface area contributed by atoms with Gasteiger partial charge in [-0.3, -0.25) is 4.79 Å². The molecule has 22 heavy (non-hydrogen) atoms. The summed E-state index contributed by atoms with van der Waals surface area (Å²) < 4.78 is 11.2. The van der Waals surface area contributed by atoms with E-state index in [4.69, 9.17) is 9.47 Å². The number of ether oxygens (including phenoxy) is 2. The van der Waals surface area contributed by atoms with Crippen LogP contribution >= 0.6 is 11.8 Å². The molecule has 3 nitrogen and oxygen atoms in total. The van der Waals surface area contributed by atoms with Gasteiger partial charge in [0.15, 0.2) is 4.93 Å². The summed E-state index contributed by atoms with van der Waals surface area (Å²) in [6.45, 7) is 3.69. The number of hydrogen-bond acceptors (Lipinski definition) is 4. The van der Waals surface area contributed by atoms with Gasteiger partial charge in [0.25, 0.3) is 0 Å². The standard InChI is InChI=1S/C18H22O3S/c1-3-4-14-20-16-8-10-17(11-9-16)22-18(21-15(2)19)12-6-5-7-13-18/h8-11H,5-7,12-14H2,1-2H3. The minimum atomic E-state index is -0.403. The molecule has 0 saturated heterocycles. The molecule has 0 N–H and O–H groups in total. The second kappa shape index (κ2) is 8.14. The molecule has 1 saturated carbocycles. The molecule has 2 rings (SSSR count). The van der Waals surface area contributed by atoms with Crippen LogP contribution in [0, 0.1) is 11.8 Å². The third-order valence-electron chi connectivity index (χ3n) is 3.56. The molecule has 0 atom stereocenters. The van der Waals surface area contributed by atoms with E-state index in [2.05, 4.69) is 11.8 Å². The van der Waals surface area contributed by atoms with Crippen LogP contribution in [0.3, 0.4) is 0 Å². The lowest BCUT2D eigenvalue weighted by Gasteiger charge is -2.35. The summed E-state index contributed by atoms with van der Waals surface area (Å²) in [5.74, 6) is 6.27. The molecule has 0 heterocycles. The summed E-state index contributed by atoms with van der Waals surface area (Å²) in [6, 6.07) is 7.90. The Morgan fingerprint density at radius 3 is 2.50 bits per heavy atom. The largest absolute Gasteiger partial charge is 0.481 e. The van der Waals surface area contributed by atoms with Crippen molar-refractivity contribution in [1.29, 1.82) is 0 Å². The first-order valence-electron chi connectivity index (χ1n) is 7.65. The van der Waals surface area contributed by atoms with Crippen LogP contribution in [0.2, 0.25) is 0 Å². The van der Waals surface area contributed by atoms with Crippen molar-refractivity contribution in [2.45, 2.75) is 55.8 Å². The highest BCUT2D eigenvalue weighted by Crippen LogP contribution is 2.45. The second-order valence-corrected chi connectivity index (χ2v) is 6.77. The quantitative estimate of drug-likeness (QED) is 0.458. The summed E-state index contributed by atoms with van der Waals surface area (Å²) >= 11 is 1.65. The normalized spacial score (nSPS) is 16.3. The number of benzene rings is 1. The fraction of sp³-hybridized carbons (Fsp3) is 0.500. The molecule has 0 aromatic heterocycles. The molecule has 1 aromatic rings. The van der Waals surface area contributed by atoms with Gasteiger partial charge >= 0.3 is 5.97 Å². The van der Waals surface area contributed by atoms with Crippen LogP contribution in [-0.2, 0) is 9.53 Å². The molecule has 0 radical (unpaired) electrons. The Hall–Kier alpha value is -1.60. The van der Waals surface area contributed by atoms with E-state index in [1.54, 1.807) is 18.7 Å². The lowest BCUT2D eigenvalue weighted by Crippen LogP contribution is -2.33. The van der Waals surface area contributed by atoms with E-state index in [1.165, 1.54) is 13.3 Å². The number of carbonyl (C=O) groups excluding carboxylic acids is 1. The zero-order valence-corrected chi connectivity index (χ0v) is 14.0. The summed E-state index contributed by atoms with van der Waals surface area (Å²) in [5.41, 5.74) is 0. The zero-order chi connectivity index (χ0) is 15.8. The molecule has 0 amide bonds. The van der Waals surface area contributed by atoms with Gasteiger partial charge in [0.2, 0.25) is 0 Å². The van der Waals surface area contributed by atoms with Crippen molar-refractivity contribution in [2.75, 3.05) is 6.61 Å². The Labute approximate surface area is 136 Å². The summed E-state index contributed by atoms with van der Waals surface area (Å²) in [6.07, 6.45) is 5.27. The van der Waals surface area contributed by atoms with Crippen LogP contribution in [0.5, 0.6) is 5.75 Å². The molecule has 1 aliphatic rings. The van der Waals surface area contributed by atoms with Crippen LogP contribution in [0.15, 0.2) is 29.2 Å². The highest BCUT2D eigenvalue weighted by Gasteiger charge is 2.36. The summed E-state index contributed by atoms with van der Waals surface area (Å²) in [5, 5.41) is 0. The smallest absolute Gasteiger partial charge is 0.304 e. The molecule has 1 fully saturated rings.